The molecule has 0 atom stereocenters. The van der Waals surface area contributed by atoms with Gasteiger partial charge in [0.2, 0.25) is 0 Å². The quantitative estimate of drug-likeness (QED) is 0.448. The topological polar surface area (TPSA) is 93.1 Å². The summed E-state index contributed by atoms with van der Waals surface area (Å²) in [6.07, 6.45) is 0.333. The minimum Gasteiger partial charge on any atom is -0.493 e. The Balaban J connectivity index is 1.92. The lowest BCUT2D eigenvalue weighted by Crippen LogP contribution is -2.09. The smallest absolute Gasteiger partial charge is 0.336 e. The van der Waals surface area contributed by atoms with Crippen LogP contribution in [0.2, 0.25) is 0 Å². The van der Waals surface area contributed by atoms with Crippen LogP contribution in [0.5, 0.6) is 11.5 Å². The van der Waals surface area contributed by atoms with Crippen molar-refractivity contribution in [2.75, 3.05) is 7.11 Å². The highest BCUT2D eigenvalue weighted by Crippen LogP contribution is 2.31. The lowest BCUT2D eigenvalue weighted by molar-refractivity contribution is 0.0695. The Hall–Kier alpha value is -3.32. The van der Waals surface area contributed by atoms with E-state index in [1.807, 2.05) is 43.3 Å². The van der Waals surface area contributed by atoms with Crippen molar-refractivity contribution < 1.29 is 29.3 Å². The number of halogens is 1. The van der Waals surface area contributed by atoms with E-state index >= 15 is 0 Å². The van der Waals surface area contributed by atoms with Crippen molar-refractivity contribution in [1.29, 1.82) is 0 Å². The zero-order valence-corrected chi connectivity index (χ0v) is 18.6. The van der Waals surface area contributed by atoms with Crippen molar-refractivity contribution in [2.45, 2.75) is 20.0 Å². The van der Waals surface area contributed by atoms with Crippen LogP contribution in [0.4, 0.5) is 0 Å². The first-order valence-electron chi connectivity index (χ1n) is 9.43. The normalized spacial score (nSPS) is 10.5. The first-order valence-corrected chi connectivity index (χ1v) is 10.2. The van der Waals surface area contributed by atoms with E-state index in [0.29, 0.717) is 23.5 Å². The van der Waals surface area contributed by atoms with Crippen LogP contribution in [-0.4, -0.2) is 29.3 Å². The van der Waals surface area contributed by atoms with Crippen LogP contribution < -0.4 is 9.47 Å². The molecule has 0 radical (unpaired) electrons. The van der Waals surface area contributed by atoms with Gasteiger partial charge >= 0.3 is 11.9 Å². The maximum Gasteiger partial charge on any atom is 0.336 e. The SMILES string of the molecule is COc1cc(Br)ccc1OCc1c(C)cccc1Cc1ccc(C(=O)O)cc1C(=O)O. The third-order valence-electron chi connectivity index (χ3n) is 4.97. The average Bonchev–Trinajstić information content (AvgIpc) is 2.74. The average molecular weight is 485 g/mol. The van der Waals surface area contributed by atoms with E-state index in [4.69, 9.17) is 14.6 Å². The van der Waals surface area contributed by atoms with E-state index in [1.54, 1.807) is 13.2 Å². The van der Waals surface area contributed by atoms with E-state index in [1.165, 1.54) is 12.1 Å². The first kappa shape index (κ1) is 22.4. The fourth-order valence-electron chi connectivity index (χ4n) is 3.31. The summed E-state index contributed by atoms with van der Waals surface area (Å²) in [7, 11) is 1.57. The monoisotopic (exact) mass is 484 g/mol. The van der Waals surface area contributed by atoms with Crippen LogP contribution in [0.25, 0.3) is 0 Å². The highest BCUT2D eigenvalue weighted by atomic mass is 79.9. The predicted molar refractivity (Wildman–Crippen MR) is 119 cm³/mol. The van der Waals surface area contributed by atoms with E-state index in [-0.39, 0.29) is 17.7 Å². The number of carboxylic acid groups (broad SMARTS) is 2. The van der Waals surface area contributed by atoms with Crippen LogP contribution in [0, 0.1) is 6.92 Å². The van der Waals surface area contributed by atoms with Crippen molar-refractivity contribution in [3.8, 4) is 11.5 Å². The molecule has 160 valence electrons. The molecule has 3 rings (SSSR count). The zero-order chi connectivity index (χ0) is 22.5. The van der Waals surface area contributed by atoms with E-state index in [0.717, 1.165) is 21.2 Å². The molecule has 0 aromatic heterocycles. The summed E-state index contributed by atoms with van der Waals surface area (Å²) >= 11 is 3.41. The van der Waals surface area contributed by atoms with Gasteiger partial charge in [-0.1, -0.05) is 40.2 Å². The van der Waals surface area contributed by atoms with Crippen molar-refractivity contribution >= 4 is 27.9 Å². The fourth-order valence-corrected chi connectivity index (χ4v) is 3.65. The Bertz CT molecular complexity index is 1140. The van der Waals surface area contributed by atoms with Gasteiger partial charge in [-0.05, 0) is 65.9 Å². The number of aryl methyl sites for hydroxylation is 1. The molecule has 0 heterocycles. The molecule has 0 saturated carbocycles. The number of carboxylic acids is 2. The molecule has 0 fully saturated rings. The second-order valence-corrected chi connectivity index (χ2v) is 7.87. The molecule has 0 aliphatic heterocycles. The highest BCUT2D eigenvalue weighted by molar-refractivity contribution is 9.10. The lowest BCUT2D eigenvalue weighted by Gasteiger charge is -2.16. The second kappa shape index (κ2) is 9.66. The number of carbonyl (C=O) groups is 2. The van der Waals surface area contributed by atoms with Gasteiger partial charge in [0.25, 0.3) is 0 Å². The zero-order valence-electron chi connectivity index (χ0n) is 17.0. The molecule has 0 unspecified atom stereocenters. The maximum atomic E-state index is 11.7. The van der Waals surface area contributed by atoms with E-state index < -0.39 is 11.9 Å². The van der Waals surface area contributed by atoms with Gasteiger partial charge in [-0.15, -0.1) is 0 Å². The van der Waals surface area contributed by atoms with Crippen molar-refractivity contribution in [1.82, 2.24) is 0 Å². The Morgan fingerprint density at radius 2 is 1.71 bits per heavy atom. The van der Waals surface area contributed by atoms with Crippen LogP contribution in [0.15, 0.2) is 59.1 Å². The lowest BCUT2D eigenvalue weighted by atomic mass is 9.93. The Labute approximate surface area is 188 Å². The van der Waals surface area contributed by atoms with Crippen LogP contribution in [0.3, 0.4) is 0 Å². The molecule has 6 nitrogen and oxygen atoms in total. The molecule has 0 bridgehead atoms. The predicted octanol–water partition coefficient (Wildman–Crippen LogP) is 5.33. The molecular weight excluding hydrogens is 464 g/mol. The number of hydrogen-bond donors (Lipinski definition) is 2. The molecule has 3 aromatic rings. The third-order valence-corrected chi connectivity index (χ3v) is 5.47. The van der Waals surface area contributed by atoms with Crippen molar-refractivity contribution in [2.24, 2.45) is 0 Å². The summed E-state index contributed by atoms with van der Waals surface area (Å²) in [5, 5.41) is 18.7. The highest BCUT2D eigenvalue weighted by Gasteiger charge is 2.17. The molecule has 2 N–H and O–H groups in total. The van der Waals surface area contributed by atoms with Crippen LogP contribution in [-0.2, 0) is 13.0 Å². The number of methoxy groups -OCH3 is 1. The number of ether oxygens (including phenoxy) is 2. The maximum absolute atomic E-state index is 11.7. The number of aromatic carboxylic acids is 2. The molecular formula is C24H21BrO6. The van der Waals surface area contributed by atoms with Crippen LogP contribution >= 0.6 is 15.9 Å². The number of rotatable bonds is 8. The molecule has 7 heteroatoms. The van der Waals surface area contributed by atoms with Crippen LogP contribution in [0.1, 0.15) is 43.0 Å². The molecule has 3 aromatic carbocycles. The number of benzene rings is 3. The summed E-state index contributed by atoms with van der Waals surface area (Å²) < 4.78 is 12.3. The molecule has 31 heavy (non-hydrogen) atoms. The summed E-state index contributed by atoms with van der Waals surface area (Å²) in [5.74, 6) is -1.14. The van der Waals surface area contributed by atoms with Gasteiger partial charge in [0, 0.05) is 4.47 Å². The second-order valence-electron chi connectivity index (χ2n) is 6.96. The summed E-state index contributed by atoms with van der Waals surface area (Å²) in [4.78, 5) is 22.9. The Kier molecular flexibility index (Phi) is 6.97. The van der Waals surface area contributed by atoms with Gasteiger partial charge in [0.1, 0.15) is 6.61 Å². The first-order chi connectivity index (χ1) is 14.8. The fraction of sp³-hybridized carbons (Fsp3) is 0.167. The van der Waals surface area contributed by atoms with Gasteiger partial charge in [0.15, 0.2) is 11.5 Å². The van der Waals surface area contributed by atoms with Gasteiger partial charge in [-0.3, -0.25) is 0 Å². The minimum absolute atomic E-state index is 0.0251. The van der Waals surface area contributed by atoms with Gasteiger partial charge in [-0.25, -0.2) is 9.59 Å². The largest absolute Gasteiger partial charge is 0.493 e. The van der Waals surface area contributed by atoms with E-state index in [2.05, 4.69) is 15.9 Å². The molecule has 0 spiro atoms. The van der Waals surface area contributed by atoms with Gasteiger partial charge in [0.05, 0.1) is 18.2 Å². The minimum atomic E-state index is -1.16. The van der Waals surface area contributed by atoms with Gasteiger partial charge in [-0.2, -0.15) is 0 Å². The third kappa shape index (κ3) is 5.24. The molecule has 0 aliphatic rings. The molecule has 0 saturated heterocycles. The number of hydrogen-bond acceptors (Lipinski definition) is 4. The summed E-state index contributed by atoms with van der Waals surface area (Å²) in [6.45, 7) is 2.24. The molecule has 0 amide bonds. The summed E-state index contributed by atoms with van der Waals surface area (Å²) in [5.41, 5.74) is 3.30. The Morgan fingerprint density at radius 1 is 0.935 bits per heavy atom. The molecule has 0 aliphatic carbocycles. The van der Waals surface area contributed by atoms with Crippen molar-refractivity contribution in [3.05, 3.63) is 92.5 Å². The van der Waals surface area contributed by atoms with Gasteiger partial charge < -0.3 is 19.7 Å². The standard InChI is InChI=1S/C24H21BrO6/c1-14-4-3-5-15(10-16-6-7-17(23(26)27)11-19(16)24(28)29)20(14)13-31-21-9-8-18(25)12-22(21)30-2/h3-9,11-12H,10,13H2,1-2H3,(H,26,27)(H,28,29). The Morgan fingerprint density at radius 3 is 2.39 bits per heavy atom. The summed E-state index contributed by atoms with van der Waals surface area (Å²) in [6, 6.07) is 15.4. The van der Waals surface area contributed by atoms with E-state index in [9.17, 15) is 14.7 Å². The van der Waals surface area contributed by atoms with Crippen molar-refractivity contribution in [3.63, 3.8) is 0 Å².